The van der Waals surface area contributed by atoms with Crippen molar-refractivity contribution < 1.29 is 9.18 Å². The first-order valence-electron chi connectivity index (χ1n) is 8.75. The molecular weight excluding hydrogens is 462 g/mol. The van der Waals surface area contributed by atoms with Crippen LogP contribution in [0.2, 0.25) is 0 Å². The second kappa shape index (κ2) is 11.7. The number of nitrogens with two attached hydrogens (primary N) is 1. The zero-order chi connectivity index (χ0) is 18.9. The van der Waals surface area contributed by atoms with Gasteiger partial charge in [-0.1, -0.05) is 6.07 Å². The van der Waals surface area contributed by atoms with E-state index in [1.54, 1.807) is 12.1 Å². The summed E-state index contributed by atoms with van der Waals surface area (Å²) in [5.41, 5.74) is 5.97. The Balaban J connectivity index is 0.00000364. The van der Waals surface area contributed by atoms with Crippen molar-refractivity contribution in [3.8, 4) is 6.07 Å². The van der Waals surface area contributed by atoms with Crippen molar-refractivity contribution in [1.82, 2.24) is 15.5 Å². The fourth-order valence-corrected chi connectivity index (χ4v) is 2.88. The highest BCUT2D eigenvalue weighted by Crippen LogP contribution is 2.12. The number of halogens is 2. The van der Waals surface area contributed by atoms with E-state index in [0.29, 0.717) is 30.2 Å². The van der Waals surface area contributed by atoms with Crippen molar-refractivity contribution in [2.45, 2.75) is 32.4 Å². The van der Waals surface area contributed by atoms with Crippen LogP contribution in [0, 0.1) is 17.1 Å². The molecule has 0 aliphatic carbocycles. The normalized spacial score (nSPS) is 15.5. The van der Waals surface area contributed by atoms with E-state index < -0.39 is 5.82 Å². The number of aliphatic imine (C=N–C) groups is 1. The van der Waals surface area contributed by atoms with Crippen molar-refractivity contribution in [2.24, 2.45) is 10.7 Å². The fraction of sp³-hybridized carbons (Fsp3) is 0.500. The van der Waals surface area contributed by atoms with E-state index in [1.807, 2.05) is 17.9 Å². The van der Waals surface area contributed by atoms with Crippen LogP contribution in [0.3, 0.4) is 0 Å². The summed E-state index contributed by atoms with van der Waals surface area (Å²) in [6.45, 7) is 4.73. The molecule has 0 bridgehead atoms. The second-order valence-electron chi connectivity index (χ2n) is 6.27. The van der Waals surface area contributed by atoms with Crippen molar-refractivity contribution >= 4 is 35.8 Å². The quantitative estimate of drug-likeness (QED) is 0.318. The first kappa shape index (κ1) is 23.1. The molecule has 2 rings (SSSR count). The molecule has 0 atom stereocenters. The van der Waals surface area contributed by atoms with Gasteiger partial charge in [0, 0.05) is 31.2 Å². The number of primary amides is 1. The smallest absolute Gasteiger partial charge is 0.231 e. The minimum Gasteiger partial charge on any atom is -0.369 e. The summed E-state index contributed by atoms with van der Waals surface area (Å²) < 4.78 is 14.0. The van der Waals surface area contributed by atoms with Crippen LogP contribution in [0.4, 0.5) is 4.39 Å². The molecule has 1 aromatic rings. The molecule has 1 heterocycles. The molecule has 7 nitrogen and oxygen atoms in total. The second-order valence-corrected chi connectivity index (χ2v) is 6.27. The predicted octanol–water partition coefficient (Wildman–Crippen LogP) is 1.32. The molecule has 1 fully saturated rings. The van der Waals surface area contributed by atoms with Gasteiger partial charge in [-0.05, 0) is 31.9 Å². The molecule has 1 aromatic carbocycles. The highest BCUT2D eigenvalue weighted by atomic mass is 127. The number of nitriles is 1. The molecule has 4 N–H and O–H groups in total. The van der Waals surface area contributed by atoms with Crippen molar-refractivity contribution in [1.29, 1.82) is 5.26 Å². The van der Waals surface area contributed by atoms with Gasteiger partial charge in [-0.15, -0.1) is 24.0 Å². The Kier molecular flexibility index (Phi) is 10.0. The van der Waals surface area contributed by atoms with E-state index in [-0.39, 0.29) is 42.5 Å². The highest BCUT2D eigenvalue weighted by Gasteiger charge is 2.20. The molecule has 0 spiro atoms. The van der Waals surface area contributed by atoms with E-state index in [4.69, 9.17) is 11.0 Å². The van der Waals surface area contributed by atoms with E-state index in [2.05, 4.69) is 15.6 Å². The summed E-state index contributed by atoms with van der Waals surface area (Å²) in [6.07, 6.45) is 1.76. The van der Waals surface area contributed by atoms with Crippen LogP contribution < -0.4 is 16.4 Å². The molecule has 148 valence electrons. The molecule has 0 aromatic heterocycles. The number of hydrogen-bond acceptors (Lipinski definition) is 4. The first-order chi connectivity index (χ1) is 12.5. The van der Waals surface area contributed by atoms with Crippen molar-refractivity contribution in [2.75, 3.05) is 26.2 Å². The summed E-state index contributed by atoms with van der Waals surface area (Å²) >= 11 is 0. The number of likely N-dealkylation sites (tertiary alicyclic amines) is 1. The number of nitrogens with zero attached hydrogens (tertiary/aromatic N) is 3. The molecule has 1 aliphatic heterocycles. The van der Waals surface area contributed by atoms with Gasteiger partial charge >= 0.3 is 0 Å². The number of piperidine rings is 1. The summed E-state index contributed by atoms with van der Waals surface area (Å²) in [4.78, 5) is 17.5. The lowest BCUT2D eigenvalue weighted by Crippen LogP contribution is -2.49. The van der Waals surface area contributed by atoms with Crippen molar-refractivity contribution in [3.63, 3.8) is 0 Å². The molecule has 1 amide bonds. The van der Waals surface area contributed by atoms with Crippen LogP contribution in [0.25, 0.3) is 0 Å². The lowest BCUT2D eigenvalue weighted by Gasteiger charge is -2.32. The standard InChI is InChI=1S/C18H25FN6O.HI/c1-2-22-18(23-11-14-4-3-13(10-20)9-16(14)19)24-15-5-7-25(8-6-15)12-17(21)26;/h3-4,9,15H,2,5-8,11-12H2,1H3,(H2,21,26)(H2,22,23,24);1H. The number of amides is 1. The summed E-state index contributed by atoms with van der Waals surface area (Å²) in [5.74, 6) is -0.108. The summed E-state index contributed by atoms with van der Waals surface area (Å²) in [6, 6.07) is 6.55. The lowest BCUT2D eigenvalue weighted by molar-refractivity contribution is -0.119. The molecule has 0 radical (unpaired) electrons. The van der Waals surface area contributed by atoms with Crippen LogP contribution in [-0.2, 0) is 11.3 Å². The minimum atomic E-state index is -0.427. The average molecular weight is 488 g/mol. The number of nitrogens with one attached hydrogen (secondary N) is 2. The van der Waals surface area contributed by atoms with Crippen LogP contribution in [0.5, 0.6) is 0 Å². The third-order valence-electron chi connectivity index (χ3n) is 4.24. The van der Waals surface area contributed by atoms with Gasteiger partial charge in [-0.3, -0.25) is 9.69 Å². The molecule has 9 heteroatoms. The number of carbonyl (C=O) groups excluding carboxylic acids is 1. The van der Waals surface area contributed by atoms with Crippen LogP contribution in [0.15, 0.2) is 23.2 Å². The minimum absolute atomic E-state index is 0. The van der Waals surface area contributed by atoms with Crippen LogP contribution in [-0.4, -0.2) is 49.0 Å². The topological polar surface area (TPSA) is 107 Å². The number of guanidine groups is 1. The first-order valence-corrected chi connectivity index (χ1v) is 8.75. The maximum absolute atomic E-state index is 14.0. The molecule has 1 saturated heterocycles. The molecule has 0 unspecified atom stereocenters. The molecular formula is C18H26FIN6O. The zero-order valence-corrected chi connectivity index (χ0v) is 17.7. The Labute approximate surface area is 176 Å². The van der Waals surface area contributed by atoms with E-state index in [1.165, 1.54) is 6.07 Å². The zero-order valence-electron chi connectivity index (χ0n) is 15.4. The predicted molar refractivity (Wildman–Crippen MR) is 113 cm³/mol. The Hall–Kier alpha value is -1.93. The van der Waals surface area contributed by atoms with Crippen LogP contribution in [0.1, 0.15) is 30.9 Å². The number of carbonyl (C=O) groups is 1. The molecule has 27 heavy (non-hydrogen) atoms. The van der Waals surface area contributed by atoms with Gasteiger partial charge in [-0.25, -0.2) is 9.38 Å². The van der Waals surface area contributed by atoms with E-state index in [9.17, 15) is 9.18 Å². The van der Waals surface area contributed by atoms with Gasteiger partial charge in [0.2, 0.25) is 5.91 Å². The Morgan fingerprint density at radius 3 is 2.70 bits per heavy atom. The highest BCUT2D eigenvalue weighted by molar-refractivity contribution is 14.0. The lowest BCUT2D eigenvalue weighted by atomic mass is 10.1. The van der Waals surface area contributed by atoms with Gasteiger partial charge < -0.3 is 16.4 Å². The monoisotopic (exact) mass is 488 g/mol. The Morgan fingerprint density at radius 2 is 2.15 bits per heavy atom. The number of hydrogen-bond donors (Lipinski definition) is 3. The van der Waals surface area contributed by atoms with Gasteiger partial charge in [-0.2, -0.15) is 5.26 Å². The maximum atomic E-state index is 14.0. The maximum Gasteiger partial charge on any atom is 0.231 e. The van der Waals surface area contributed by atoms with Crippen LogP contribution >= 0.6 is 24.0 Å². The number of rotatable bonds is 6. The van der Waals surface area contributed by atoms with Crippen molar-refractivity contribution in [3.05, 3.63) is 35.1 Å². The third-order valence-corrected chi connectivity index (χ3v) is 4.24. The van der Waals surface area contributed by atoms with Gasteiger partial charge in [0.25, 0.3) is 0 Å². The Bertz CT molecular complexity index is 698. The summed E-state index contributed by atoms with van der Waals surface area (Å²) in [7, 11) is 0. The number of benzene rings is 1. The molecule has 0 saturated carbocycles. The van der Waals surface area contributed by atoms with E-state index in [0.717, 1.165) is 25.9 Å². The van der Waals surface area contributed by atoms with E-state index >= 15 is 0 Å². The largest absolute Gasteiger partial charge is 0.369 e. The van der Waals surface area contributed by atoms with Gasteiger partial charge in [0.1, 0.15) is 5.82 Å². The third kappa shape index (κ3) is 7.68. The summed E-state index contributed by atoms with van der Waals surface area (Å²) in [5, 5.41) is 15.3. The molecule has 1 aliphatic rings. The SMILES string of the molecule is CCNC(=NCc1ccc(C#N)cc1F)NC1CCN(CC(N)=O)CC1.I. The fourth-order valence-electron chi connectivity index (χ4n) is 2.88. The van der Waals surface area contributed by atoms with Gasteiger partial charge in [0.15, 0.2) is 5.96 Å². The Morgan fingerprint density at radius 1 is 1.44 bits per heavy atom. The average Bonchev–Trinajstić information content (AvgIpc) is 2.61. The van der Waals surface area contributed by atoms with Gasteiger partial charge in [0.05, 0.1) is 24.7 Å².